The lowest BCUT2D eigenvalue weighted by Gasteiger charge is -2.36. The number of carbonyl (C=O) groups excluding carboxylic acids is 5. The lowest BCUT2D eigenvalue weighted by Crippen LogP contribution is -2.60. The highest BCUT2D eigenvalue weighted by atomic mass is 35.5. The van der Waals surface area contributed by atoms with Gasteiger partial charge >= 0.3 is 12.2 Å². The van der Waals surface area contributed by atoms with E-state index in [2.05, 4.69) is 27.3 Å². The molecule has 1 aromatic carbocycles. The molecule has 1 heterocycles. The van der Waals surface area contributed by atoms with Crippen molar-refractivity contribution in [3.8, 4) is 0 Å². The van der Waals surface area contributed by atoms with E-state index in [-0.39, 0.29) is 35.1 Å². The Morgan fingerprint density at radius 2 is 1.71 bits per heavy atom. The van der Waals surface area contributed by atoms with Crippen LogP contribution < -0.4 is 20.7 Å². The van der Waals surface area contributed by atoms with Crippen LogP contribution in [-0.2, 0) is 33.9 Å². The second kappa shape index (κ2) is 14.0. The zero-order valence-electron chi connectivity index (χ0n) is 28.2. The fourth-order valence-corrected chi connectivity index (χ4v) is 7.24. The number of ether oxygens (including phenoxy) is 2. The van der Waals surface area contributed by atoms with E-state index < -0.39 is 85.8 Å². The summed E-state index contributed by atoms with van der Waals surface area (Å²) in [6.45, 7) is 13.6. The molecule has 270 valence electrons. The van der Waals surface area contributed by atoms with Gasteiger partial charge in [-0.25, -0.2) is 18.0 Å². The average molecular weight is 745 g/mol. The zero-order chi connectivity index (χ0) is 36.7. The molecule has 2 unspecified atom stereocenters. The Bertz CT molecular complexity index is 1640. The SMILES string of the molecule is C=CC1CC1(NC(=O)[C@@H]1C[C@@H](OC(=O)Nc2cccc(Cl)c2Cl)CN1C(=O)[C@@H](NC(=O)OC(C)(C)C)C(C)(C)C)C(=O)NS(=O)(=O)C1CC1. The van der Waals surface area contributed by atoms with E-state index in [9.17, 15) is 32.4 Å². The number of anilines is 1. The van der Waals surface area contributed by atoms with Gasteiger partial charge in [-0.1, -0.05) is 56.1 Å². The maximum absolute atomic E-state index is 14.2. The molecule has 0 aromatic heterocycles. The van der Waals surface area contributed by atoms with Gasteiger partial charge in [0.15, 0.2) is 0 Å². The van der Waals surface area contributed by atoms with Crippen molar-refractivity contribution in [1.29, 1.82) is 0 Å². The Kier molecular flexibility index (Phi) is 10.9. The first-order chi connectivity index (χ1) is 22.6. The largest absolute Gasteiger partial charge is 0.444 e. The van der Waals surface area contributed by atoms with Crippen LogP contribution in [0.5, 0.6) is 0 Å². The topological polar surface area (TPSA) is 189 Å². The number of nitrogens with one attached hydrogen (secondary N) is 4. The molecule has 0 radical (unpaired) electrons. The Labute approximate surface area is 296 Å². The van der Waals surface area contributed by atoms with Crippen molar-refractivity contribution < 1.29 is 41.9 Å². The Morgan fingerprint density at radius 3 is 2.27 bits per heavy atom. The fraction of sp³-hybridized carbons (Fsp3) is 0.594. The van der Waals surface area contributed by atoms with Gasteiger partial charge < -0.3 is 25.0 Å². The number of amides is 5. The summed E-state index contributed by atoms with van der Waals surface area (Å²) in [5.41, 5.74) is -3.19. The predicted molar refractivity (Wildman–Crippen MR) is 182 cm³/mol. The number of rotatable bonds is 10. The molecule has 2 aliphatic carbocycles. The summed E-state index contributed by atoms with van der Waals surface area (Å²) < 4.78 is 38.2. The van der Waals surface area contributed by atoms with Crippen LogP contribution in [0.2, 0.25) is 10.0 Å². The van der Waals surface area contributed by atoms with Crippen LogP contribution in [0.15, 0.2) is 30.9 Å². The maximum atomic E-state index is 14.2. The summed E-state index contributed by atoms with van der Waals surface area (Å²) in [6.07, 6.45) is -0.611. The standard InChI is InChI=1S/C32H43Cl2N5O9S/c1-8-17-15-32(17,27(42)38-49(45,46)19-12-13-19)37-25(40)22-14-18(47-28(43)35-21-11-9-10-20(33)23(21)34)16-39(22)26(41)24(30(2,3)4)36-29(44)48-31(5,6)7/h8-11,17-19,22,24H,1,12-16H2,2-7H3,(H,35,43)(H,36,44)(H,37,40)(H,38,42)/t17?,18-,22+,24-,32?/m1/s1. The van der Waals surface area contributed by atoms with Gasteiger partial charge in [-0.05, 0) is 57.6 Å². The third-order valence-corrected chi connectivity index (χ3v) is 11.0. The van der Waals surface area contributed by atoms with E-state index in [1.165, 1.54) is 23.1 Å². The number of hydrogen-bond donors (Lipinski definition) is 4. The van der Waals surface area contributed by atoms with Crippen molar-refractivity contribution in [1.82, 2.24) is 20.3 Å². The molecular weight excluding hydrogens is 701 g/mol. The molecule has 1 aromatic rings. The Balaban J connectivity index is 1.59. The summed E-state index contributed by atoms with van der Waals surface area (Å²) in [7, 11) is -3.93. The molecule has 1 saturated heterocycles. The van der Waals surface area contributed by atoms with Gasteiger partial charge in [-0.3, -0.25) is 24.4 Å². The van der Waals surface area contributed by atoms with Gasteiger partial charge in [-0.2, -0.15) is 0 Å². The number of benzene rings is 1. The van der Waals surface area contributed by atoms with Gasteiger partial charge in [0.2, 0.25) is 21.8 Å². The van der Waals surface area contributed by atoms with Crippen LogP contribution in [-0.4, -0.2) is 84.3 Å². The molecule has 4 rings (SSSR count). The third-order valence-electron chi connectivity index (χ3n) is 8.33. The summed E-state index contributed by atoms with van der Waals surface area (Å²) in [5, 5.41) is 7.38. The first kappa shape index (κ1) is 38.2. The van der Waals surface area contributed by atoms with Crippen LogP contribution in [0, 0.1) is 11.3 Å². The van der Waals surface area contributed by atoms with Gasteiger partial charge in [0, 0.05) is 12.3 Å². The monoisotopic (exact) mass is 743 g/mol. The summed E-state index contributed by atoms with van der Waals surface area (Å²) >= 11 is 12.2. The molecule has 5 amide bonds. The minimum atomic E-state index is -3.93. The number of likely N-dealkylation sites (tertiary alicyclic amines) is 1. The van der Waals surface area contributed by atoms with Crippen LogP contribution in [0.1, 0.15) is 67.2 Å². The summed E-state index contributed by atoms with van der Waals surface area (Å²) in [4.78, 5) is 68.5. The van der Waals surface area contributed by atoms with E-state index in [1.807, 2.05) is 0 Å². The van der Waals surface area contributed by atoms with Crippen molar-refractivity contribution in [3.05, 3.63) is 40.9 Å². The number of nitrogens with zero attached hydrogens (tertiary/aromatic N) is 1. The molecule has 49 heavy (non-hydrogen) atoms. The van der Waals surface area contributed by atoms with E-state index in [1.54, 1.807) is 47.6 Å². The number of alkyl carbamates (subject to hydrolysis) is 1. The van der Waals surface area contributed by atoms with Gasteiger partial charge in [0.25, 0.3) is 5.91 Å². The van der Waals surface area contributed by atoms with Crippen LogP contribution in [0.3, 0.4) is 0 Å². The van der Waals surface area contributed by atoms with Crippen molar-refractivity contribution in [3.63, 3.8) is 0 Å². The highest BCUT2D eigenvalue weighted by molar-refractivity contribution is 7.91. The first-order valence-corrected chi connectivity index (χ1v) is 18.1. The predicted octanol–water partition coefficient (Wildman–Crippen LogP) is 4.12. The highest BCUT2D eigenvalue weighted by Gasteiger charge is 2.62. The Morgan fingerprint density at radius 1 is 1.06 bits per heavy atom. The molecule has 17 heteroatoms. The van der Waals surface area contributed by atoms with E-state index in [4.69, 9.17) is 32.7 Å². The fourth-order valence-electron chi connectivity index (χ4n) is 5.53. The Hall–Kier alpha value is -3.56. The van der Waals surface area contributed by atoms with Crippen LogP contribution >= 0.6 is 23.2 Å². The van der Waals surface area contributed by atoms with E-state index >= 15 is 0 Å². The molecule has 3 aliphatic rings. The highest BCUT2D eigenvalue weighted by Crippen LogP contribution is 2.45. The zero-order valence-corrected chi connectivity index (χ0v) is 30.6. The molecular formula is C32H43Cl2N5O9S. The summed E-state index contributed by atoms with van der Waals surface area (Å²) in [5.74, 6) is -2.94. The van der Waals surface area contributed by atoms with Crippen molar-refractivity contribution in [2.45, 2.75) is 102 Å². The van der Waals surface area contributed by atoms with Crippen molar-refractivity contribution in [2.75, 3.05) is 11.9 Å². The minimum Gasteiger partial charge on any atom is -0.444 e. The first-order valence-electron chi connectivity index (χ1n) is 15.8. The molecule has 0 bridgehead atoms. The van der Waals surface area contributed by atoms with Gasteiger partial charge in [-0.15, -0.1) is 6.58 Å². The molecule has 5 atom stereocenters. The molecule has 3 fully saturated rings. The normalized spacial score (nSPS) is 24.2. The van der Waals surface area contributed by atoms with E-state index in [0.717, 1.165) is 0 Å². The molecule has 0 spiro atoms. The van der Waals surface area contributed by atoms with Gasteiger partial charge in [0.1, 0.15) is 29.3 Å². The number of hydrogen-bond acceptors (Lipinski definition) is 9. The molecule has 14 nitrogen and oxygen atoms in total. The average Bonchev–Trinajstić information content (AvgIpc) is 3.89. The van der Waals surface area contributed by atoms with Crippen LogP contribution in [0.4, 0.5) is 15.3 Å². The third kappa shape index (κ3) is 9.17. The summed E-state index contributed by atoms with van der Waals surface area (Å²) in [6, 6.07) is 2.12. The van der Waals surface area contributed by atoms with Gasteiger partial charge in [0.05, 0.1) is 27.5 Å². The van der Waals surface area contributed by atoms with E-state index in [0.29, 0.717) is 12.8 Å². The second-order valence-electron chi connectivity index (χ2n) is 14.6. The molecule has 2 saturated carbocycles. The van der Waals surface area contributed by atoms with Crippen molar-refractivity contribution in [2.24, 2.45) is 11.3 Å². The smallest absolute Gasteiger partial charge is 0.412 e. The lowest BCUT2D eigenvalue weighted by molar-refractivity contribution is -0.143. The molecule has 4 N–H and O–H groups in total. The van der Waals surface area contributed by atoms with Crippen molar-refractivity contribution >= 4 is 68.8 Å². The quantitative estimate of drug-likeness (QED) is 0.256. The second-order valence-corrected chi connectivity index (χ2v) is 17.4. The minimum absolute atomic E-state index is 0.0799. The molecule has 1 aliphatic heterocycles. The number of sulfonamides is 1. The maximum Gasteiger partial charge on any atom is 0.412 e. The lowest BCUT2D eigenvalue weighted by atomic mass is 9.85. The number of carbonyl (C=O) groups is 5. The van der Waals surface area contributed by atoms with Crippen LogP contribution in [0.25, 0.3) is 0 Å². The number of halogens is 2.